The van der Waals surface area contributed by atoms with Crippen LogP contribution in [0.4, 0.5) is 0 Å². The quantitative estimate of drug-likeness (QED) is 0.409. The van der Waals surface area contributed by atoms with E-state index in [0.717, 1.165) is 45.1 Å². The van der Waals surface area contributed by atoms with Crippen molar-refractivity contribution in [3.63, 3.8) is 0 Å². The SMILES string of the molecule is CN=C(NCCCN(C)Cc1ccccc1)NCCN1CCCCC1. The van der Waals surface area contributed by atoms with Crippen LogP contribution < -0.4 is 10.6 Å². The molecule has 5 heteroatoms. The minimum atomic E-state index is 0.919. The predicted molar refractivity (Wildman–Crippen MR) is 107 cm³/mol. The molecule has 0 saturated carbocycles. The zero-order chi connectivity index (χ0) is 17.7. The molecule has 0 spiro atoms. The third-order valence-corrected chi connectivity index (χ3v) is 4.70. The van der Waals surface area contributed by atoms with Gasteiger partial charge in [0.1, 0.15) is 0 Å². The van der Waals surface area contributed by atoms with Crippen molar-refractivity contribution in [2.24, 2.45) is 4.99 Å². The first-order chi connectivity index (χ1) is 12.3. The molecule has 0 radical (unpaired) electrons. The van der Waals surface area contributed by atoms with Crippen molar-refractivity contribution in [3.8, 4) is 0 Å². The maximum absolute atomic E-state index is 4.32. The van der Waals surface area contributed by atoms with Crippen molar-refractivity contribution in [3.05, 3.63) is 35.9 Å². The first-order valence-corrected chi connectivity index (χ1v) is 9.67. The molecule has 0 aromatic heterocycles. The van der Waals surface area contributed by atoms with Gasteiger partial charge in [-0.15, -0.1) is 0 Å². The zero-order valence-electron chi connectivity index (χ0n) is 16.0. The van der Waals surface area contributed by atoms with E-state index in [1.807, 2.05) is 7.05 Å². The van der Waals surface area contributed by atoms with E-state index < -0.39 is 0 Å². The van der Waals surface area contributed by atoms with Crippen LogP contribution in [-0.2, 0) is 6.54 Å². The Labute approximate surface area is 153 Å². The second-order valence-electron chi connectivity index (χ2n) is 6.91. The van der Waals surface area contributed by atoms with Gasteiger partial charge in [-0.3, -0.25) is 4.99 Å². The standard InChI is InChI=1S/C20H35N5/c1-21-20(23-13-17-25-15-7-4-8-16-25)22-12-9-14-24(2)18-19-10-5-3-6-11-19/h3,5-6,10-11H,4,7-9,12-18H2,1-2H3,(H2,21,22,23). The van der Waals surface area contributed by atoms with Crippen LogP contribution >= 0.6 is 0 Å². The van der Waals surface area contributed by atoms with Crippen LogP contribution in [0.15, 0.2) is 35.3 Å². The molecule has 0 amide bonds. The van der Waals surface area contributed by atoms with Gasteiger partial charge in [-0.25, -0.2) is 0 Å². The molecule has 1 aliphatic heterocycles. The number of likely N-dealkylation sites (tertiary alicyclic amines) is 1. The van der Waals surface area contributed by atoms with Crippen molar-refractivity contribution in [2.75, 3.05) is 53.4 Å². The number of aliphatic imine (C=N–C) groups is 1. The fourth-order valence-electron chi connectivity index (χ4n) is 3.27. The first kappa shape index (κ1) is 19.7. The molecule has 2 N–H and O–H groups in total. The Bertz CT molecular complexity index is 482. The normalized spacial score (nSPS) is 16.2. The molecular weight excluding hydrogens is 310 g/mol. The summed E-state index contributed by atoms with van der Waals surface area (Å²) in [5.41, 5.74) is 1.37. The highest BCUT2D eigenvalue weighted by molar-refractivity contribution is 5.79. The second-order valence-corrected chi connectivity index (χ2v) is 6.91. The molecule has 0 unspecified atom stereocenters. The van der Waals surface area contributed by atoms with Gasteiger partial charge in [0.15, 0.2) is 5.96 Å². The van der Waals surface area contributed by atoms with Crippen molar-refractivity contribution >= 4 is 5.96 Å². The Morgan fingerprint density at radius 2 is 1.80 bits per heavy atom. The minimum absolute atomic E-state index is 0.919. The van der Waals surface area contributed by atoms with E-state index in [1.54, 1.807) is 0 Å². The van der Waals surface area contributed by atoms with Crippen LogP contribution in [0.1, 0.15) is 31.2 Å². The number of guanidine groups is 1. The van der Waals surface area contributed by atoms with E-state index in [2.05, 4.69) is 62.8 Å². The summed E-state index contributed by atoms with van der Waals surface area (Å²) in [5, 5.41) is 6.85. The van der Waals surface area contributed by atoms with Crippen LogP contribution in [-0.4, -0.2) is 69.1 Å². The van der Waals surface area contributed by atoms with Crippen LogP contribution in [0.2, 0.25) is 0 Å². The zero-order valence-corrected chi connectivity index (χ0v) is 16.0. The molecule has 2 rings (SSSR count). The van der Waals surface area contributed by atoms with Crippen molar-refractivity contribution in [2.45, 2.75) is 32.2 Å². The maximum atomic E-state index is 4.32. The molecule has 0 atom stereocenters. The molecule has 1 fully saturated rings. The fraction of sp³-hybridized carbons (Fsp3) is 0.650. The molecule has 0 aliphatic carbocycles. The number of piperidine rings is 1. The van der Waals surface area contributed by atoms with Crippen molar-refractivity contribution in [1.29, 1.82) is 0 Å². The van der Waals surface area contributed by atoms with E-state index in [4.69, 9.17) is 0 Å². The summed E-state index contributed by atoms with van der Waals surface area (Å²) in [6.07, 6.45) is 5.20. The third kappa shape index (κ3) is 8.36. The number of rotatable bonds is 9. The van der Waals surface area contributed by atoms with Crippen molar-refractivity contribution < 1.29 is 0 Å². The molecule has 1 heterocycles. The third-order valence-electron chi connectivity index (χ3n) is 4.70. The lowest BCUT2D eigenvalue weighted by molar-refractivity contribution is 0.232. The van der Waals surface area contributed by atoms with Crippen LogP contribution in [0.3, 0.4) is 0 Å². The number of nitrogens with zero attached hydrogens (tertiary/aromatic N) is 3. The molecule has 0 bridgehead atoms. The summed E-state index contributed by atoms with van der Waals surface area (Å²) in [7, 11) is 4.02. The van der Waals surface area contributed by atoms with E-state index in [9.17, 15) is 0 Å². The van der Waals surface area contributed by atoms with E-state index in [0.29, 0.717) is 0 Å². The van der Waals surface area contributed by atoms with Gasteiger partial charge in [-0.2, -0.15) is 0 Å². The summed E-state index contributed by atoms with van der Waals surface area (Å²) in [4.78, 5) is 9.23. The summed E-state index contributed by atoms with van der Waals surface area (Å²) in [5.74, 6) is 0.919. The van der Waals surface area contributed by atoms with Gasteiger partial charge in [0.2, 0.25) is 0 Å². The van der Waals surface area contributed by atoms with E-state index in [1.165, 1.54) is 37.9 Å². The molecule has 1 aromatic carbocycles. The van der Waals surface area contributed by atoms with Gasteiger partial charge in [0, 0.05) is 33.2 Å². The molecule has 140 valence electrons. The maximum Gasteiger partial charge on any atom is 0.191 e. The minimum Gasteiger partial charge on any atom is -0.356 e. The summed E-state index contributed by atoms with van der Waals surface area (Å²) in [6.45, 7) is 7.61. The van der Waals surface area contributed by atoms with Crippen LogP contribution in [0.5, 0.6) is 0 Å². The summed E-state index contributed by atoms with van der Waals surface area (Å²) < 4.78 is 0. The molecule has 1 aliphatic rings. The Hall–Kier alpha value is -1.59. The highest BCUT2D eigenvalue weighted by Crippen LogP contribution is 2.07. The van der Waals surface area contributed by atoms with Gasteiger partial charge >= 0.3 is 0 Å². The Morgan fingerprint density at radius 3 is 2.52 bits per heavy atom. The average molecular weight is 346 g/mol. The van der Waals surface area contributed by atoms with E-state index in [-0.39, 0.29) is 0 Å². The molecule has 5 nitrogen and oxygen atoms in total. The van der Waals surface area contributed by atoms with Crippen LogP contribution in [0.25, 0.3) is 0 Å². The van der Waals surface area contributed by atoms with E-state index >= 15 is 0 Å². The number of nitrogens with one attached hydrogen (secondary N) is 2. The average Bonchev–Trinajstić information content (AvgIpc) is 2.65. The number of hydrogen-bond donors (Lipinski definition) is 2. The first-order valence-electron chi connectivity index (χ1n) is 9.67. The van der Waals surface area contributed by atoms with Gasteiger partial charge in [0.25, 0.3) is 0 Å². The lowest BCUT2D eigenvalue weighted by atomic mass is 10.1. The number of hydrogen-bond acceptors (Lipinski definition) is 3. The van der Waals surface area contributed by atoms with Gasteiger partial charge < -0.3 is 20.4 Å². The van der Waals surface area contributed by atoms with Crippen LogP contribution in [0, 0.1) is 0 Å². The monoisotopic (exact) mass is 345 g/mol. The summed E-state index contributed by atoms with van der Waals surface area (Å²) in [6, 6.07) is 10.6. The Balaban J connectivity index is 1.53. The topological polar surface area (TPSA) is 42.9 Å². The highest BCUT2D eigenvalue weighted by Gasteiger charge is 2.09. The predicted octanol–water partition coefficient (Wildman–Crippen LogP) is 2.16. The largest absolute Gasteiger partial charge is 0.356 e. The fourth-order valence-corrected chi connectivity index (χ4v) is 3.27. The molecular formula is C20H35N5. The van der Waals surface area contributed by atoms with Gasteiger partial charge in [0.05, 0.1) is 0 Å². The number of benzene rings is 1. The lowest BCUT2D eigenvalue weighted by Gasteiger charge is -2.26. The molecule has 1 saturated heterocycles. The second kappa shape index (κ2) is 11.9. The summed E-state index contributed by atoms with van der Waals surface area (Å²) >= 11 is 0. The highest BCUT2D eigenvalue weighted by atomic mass is 15.2. The van der Waals surface area contributed by atoms with Crippen molar-refractivity contribution in [1.82, 2.24) is 20.4 Å². The Kier molecular flexibility index (Phi) is 9.37. The molecule has 1 aromatic rings. The molecule has 25 heavy (non-hydrogen) atoms. The smallest absolute Gasteiger partial charge is 0.191 e. The lowest BCUT2D eigenvalue weighted by Crippen LogP contribution is -2.43. The Morgan fingerprint density at radius 1 is 1.08 bits per heavy atom. The van der Waals surface area contributed by atoms with Gasteiger partial charge in [-0.1, -0.05) is 36.8 Å². The van der Waals surface area contributed by atoms with Gasteiger partial charge in [-0.05, 0) is 51.5 Å².